The molecule has 1 amide bonds. The fourth-order valence-corrected chi connectivity index (χ4v) is 3.42. The van der Waals surface area contributed by atoms with Crippen LogP contribution in [0.4, 0.5) is 0 Å². The average Bonchev–Trinajstić information content (AvgIpc) is 2.71. The maximum atomic E-state index is 12.2. The Kier molecular flexibility index (Phi) is 8.21. The Morgan fingerprint density at radius 3 is 2.52 bits per heavy atom. The van der Waals surface area contributed by atoms with Gasteiger partial charge < -0.3 is 19.5 Å². The molecule has 2 rings (SSSR count). The van der Waals surface area contributed by atoms with Crippen LogP contribution in [0.25, 0.3) is 0 Å². The highest BCUT2D eigenvalue weighted by molar-refractivity contribution is 7.83. The third-order valence-corrected chi connectivity index (χ3v) is 4.89. The van der Waals surface area contributed by atoms with E-state index >= 15 is 0 Å². The van der Waals surface area contributed by atoms with Crippen molar-refractivity contribution in [2.45, 2.75) is 18.7 Å². The first-order chi connectivity index (χ1) is 13.8. The lowest BCUT2D eigenvalue weighted by Gasteiger charge is -2.18. The largest absolute Gasteiger partial charge is 0.497 e. The standard InChI is InChI=1S/C21H25NO6S/c1-14(18-11-17(26-2)8-9-19(18)27-3)22-20(23)12-28-21(24)16-7-5-6-15(10-16)13-29(4)25/h5-11,14H,12-13H2,1-4H3,(H,22,23). The van der Waals surface area contributed by atoms with Gasteiger partial charge in [0.25, 0.3) is 5.91 Å². The predicted molar refractivity (Wildman–Crippen MR) is 111 cm³/mol. The van der Waals surface area contributed by atoms with Crippen LogP contribution in [0.2, 0.25) is 0 Å². The minimum atomic E-state index is -1.01. The number of esters is 1. The van der Waals surface area contributed by atoms with Crippen molar-refractivity contribution in [3.05, 3.63) is 59.2 Å². The molecular weight excluding hydrogens is 394 g/mol. The number of amides is 1. The van der Waals surface area contributed by atoms with E-state index in [1.807, 2.05) is 0 Å². The summed E-state index contributed by atoms with van der Waals surface area (Å²) in [5.41, 5.74) is 1.82. The molecule has 0 aliphatic rings. The third-order valence-electron chi connectivity index (χ3n) is 4.15. The van der Waals surface area contributed by atoms with Crippen LogP contribution in [0.5, 0.6) is 11.5 Å². The SMILES string of the molecule is COc1ccc(OC)c(C(C)NC(=O)COC(=O)c2cccc(CS(C)=O)c2)c1. The van der Waals surface area contributed by atoms with E-state index in [1.54, 1.807) is 69.9 Å². The van der Waals surface area contributed by atoms with Crippen LogP contribution in [-0.2, 0) is 26.1 Å². The molecule has 0 saturated carbocycles. The normalized spacial score (nSPS) is 12.6. The molecule has 0 saturated heterocycles. The van der Waals surface area contributed by atoms with Gasteiger partial charge in [-0.15, -0.1) is 0 Å². The molecule has 0 fully saturated rings. The van der Waals surface area contributed by atoms with Gasteiger partial charge in [0.2, 0.25) is 0 Å². The summed E-state index contributed by atoms with van der Waals surface area (Å²) in [6.45, 7) is 1.38. The zero-order valence-corrected chi connectivity index (χ0v) is 17.7. The van der Waals surface area contributed by atoms with Crippen LogP contribution in [0, 0.1) is 0 Å². The Hall–Kier alpha value is -2.87. The first-order valence-electron chi connectivity index (χ1n) is 8.91. The number of benzene rings is 2. The van der Waals surface area contributed by atoms with Crippen molar-refractivity contribution in [1.29, 1.82) is 0 Å². The Bertz CT molecular complexity index is 898. The van der Waals surface area contributed by atoms with Crippen molar-refractivity contribution in [1.82, 2.24) is 5.32 Å². The molecular formula is C21H25NO6S. The molecule has 2 aromatic rings. The van der Waals surface area contributed by atoms with E-state index in [4.69, 9.17) is 14.2 Å². The summed E-state index contributed by atoms with van der Waals surface area (Å²) in [6.07, 6.45) is 1.59. The van der Waals surface area contributed by atoms with Gasteiger partial charge in [-0.05, 0) is 42.8 Å². The fourth-order valence-electron chi connectivity index (χ4n) is 2.78. The number of ether oxygens (including phenoxy) is 3. The predicted octanol–water partition coefficient (Wildman–Crippen LogP) is 2.62. The molecule has 156 valence electrons. The molecule has 0 aliphatic carbocycles. The fraction of sp³-hybridized carbons (Fsp3) is 0.333. The maximum Gasteiger partial charge on any atom is 0.338 e. The van der Waals surface area contributed by atoms with Gasteiger partial charge in [0.1, 0.15) is 11.5 Å². The summed E-state index contributed by atoms with van der Waals surface area (Å²) in [5, 5.41) is 2.77. The van der Waals surface area contributed by atoms with Gasteiger partial charge in [0.15, 0.2) is 6.61 Å². The summed E-state index contributed by atoms with van der Waals surface area (Å²) >= 11 is 0. The van der Waals surface area contributed by atoms with Crippen LogP contribution in [0.1, 0.15) is 34.5 Å². The monoisotopic (exact) mass is 419 g/mol. The number of hydrogen-bond acceptors (Lipinski definition) is 6. The minimum absolute atomic E-state index is 0.309. The van der Waals surface area contributed by atoms with Gasteiger partial charge in [-0.1, -0.05) is 12.1 Å². The molecule has 2 aromatic carbocycles. The van der Waals surface area contributed by atoms with Crippen molar-refractivity contribution < 1.29 is 28.0 Å². The Labute approximate surface area is 172 Å². The summed E-state index contributed by atoms with van der Waals surface area (Å²) in [6, 6.07) is 11.6. The maximum absolute atomic E-state index is 12.2. The highest BCUT2D eigenvalue weighted by Gasteiger charge is 2.17. The van der Waals surface area contributed by atoms with E-state index in [0.717, 1.165) is 11.1 Å². The number of methoxy groups -OCH3 is 2. The lowest BCUT2D eigenvalue weighted by molar-refractivity contribution is -0.124. The molecule has 2 atom stereocenters. The summed E-state index contributed by atoms with van der Waals surface area (Å²) in [5.74, 6) is 0.542. The number of carbonyl (C=O) groups is 2. The summed E-state index contributed by atoms with van der Waals surface area (Å²) in [7, 11) is 2.09. The van der Waals surface area contributed by atoms with Crippen LogP contribution in [0.3, 0.4) is 0 Å². The molecule has 0 aliphatic heterocycles. The topological polar surface area (TPSA) is 90.9 Å². The third kappa shape index (κ3) is 6.60. The first kappa shape index (κ1) is 22.4. The van der Waals surface area contributed by atoms with E-state index in [1.165, 1.54) is 0 Å². The number of hydrogen-bond donors (Lipinski definition) is 1. The van der Waals surface area contributed by atoms with E-state index in [2.05, 4.69) is 5.32 Å². The quantitative estimate of drug-likeness (QED) is 0.629. The van der Waals surface area contributed by atoms with Crippen molar-refractivity contribution in [2.24, 2.45) is 0 Å². The number of rotatable bonds is 9. The van der Waals surface area contributed by atoms with Gasteiger partial charge in [-0.3, -0.25) is 9.00 Å². The molecule has 0 heterocycles. The second-order valence-corrected chi connectivity index (χ2v) is 7.83. The van der Waals surface area contributed by atoms with Crippen molar-refractivity contribution >= 4 is 22.7 Å². The van der Waals surface area contributed by atoms with E-state index in [0.29, 0.717) is 22.8 Å². The molecule has 1 N–H and O–H groups in total. The van der Waals surface area contributed by atoms with Crippen molar-refractivity contribution in [2.75, 3.05) is 27.1 Å². The Morgan fingerprint density at radius 1 is 1.10 bits per heavy atom. The van der Waals surface area contributed by atoms with E-state index < -0.39 is 29.3 Å². The second-order valence-electron chi connectivity index (χ2n) is 6.39. The lowest BCUT2D eigenvalue weighted by Crippen LogP contribution is -2.31. The summed E-state index contributed by atoms with van der Waals surface area (Å²) in [4.78, 5) is 24.4. The highest BCUT2D eigenvalue weighted by atomic mass is 32.2. The second kappa shape index (κ2) is 10.6. The van der Waals surface area contributed by atoms with Gasteiger partial charge in [0, 0.05) is 28.4 Å². The average molecular weight is 419 g/mol. The summed E-state index contributed by atoms with van der Waals surface area (Å²) < 4.78 is 27.0. The molecule has 2 unspecified atom stereocenters. The molecule has 0 radical (unpaired) electrons. The molecule has 29 heavy (non-hydrogen) atoms. The van der Waals surface area contributed by atoms with Crippen LogP contribution < -0.4 is 14.8 Å². The van der Waals surface area contributed by atoms with Crippen LogP contribution in [-0.4, -0.2) is 43.2 Å². The van der Waals surface area contributed by atoms with E-state index in [9.17, 15) is 13.8 Å². The minimum Gasteiger partial charge on any atom is -0.497 e. The van der Waals surface area contributed by atoms with Crippen LogP contribution >= 0.6 is 0 Å². The molecule has 8 heteroatoms. The van der Waals surface area contributed by atoms with E-state index in [-0.39, 0.29) is 6.04 Å². The Morgan fingerprint density at radius 2 is 1.86 bits per heavy atom. The zero-order valence-electron chi connectivity index (χ0n) is 16.9. The lowest BCUT2D eigenvalue weighted by atomic mass is 10.1. The zero-order chi connectivity index (χ0) is 21.4. The van der Waals surface area contributed by atoms with Gasteiger partial charge in [-0.25, -0.2) is 4.79 Å². The molecule has 0 bridgehead atoms. The van der Waals surface area contributed by atoms with Gasteiger partial charge in [-0.2, -0.15) is 0 Å². The smallest absolute Gasteiger partial charge is 0.338 e. The molecule has 7 nitrogen and oxygen atoms in total. The highest BCUT2D eigenvalue weighted by Crippen LogP contribution is 2.29. The van der Waals surface area contributed by atoms with Crippen LogP contribution in [0.15, 0.2) is 42.5 Å². The van der Waals surface area contributed by atoms with Crippen molar-refractivity contribution in [3.63, 3.8) is 0 Å². The van der Waals surface area contributed by atoms with Gasteiger partial charge >= 0.3 is 5.97 Å². The number of carbonyl (C=O) groups excluding carboxylic acids is 2. The first-order valence-corrected chi connectivity index (χ1v) is 10.6. The molecule has 0 aromatic heterocycles. The molecule has 0 spiro atoms. The Balaban J connectivity index is 1.96. The van der Waals surface area contributed by atoms with Gasteiger partial charge in [0.05, 0.1) is 25.8 Å². The van der Waals surface area contributed by atoms with Crippen molar-refractivity contribution in [3.8, 4) is 11.5 Å². The number of nitrogens with one attached hydrogen (secondary N) is 1.